The average Bonchev–Trinajstić information content (AvgIpc) is 2.48. The van der Waals surface area contributed by atoms with Gasteiger partial charge in [-0.15, -0.1) is 0 Å². The van der Waals surface area contributed by atoms with Gasteiger partial charge in [-0.25, -0.2) is 9.18 Å². The van der Waals surface area contributed by atoms with Crippen molar-refractivity contribution in [3.63, 3.8) is 0 Å². The van der Waals surface area contributed by atoms with Crippen LogP contribution in [0.1, 0.15) is 48.5 Å². The van der Waals surface area contributed by atoms with Crippen molar-refractivity contribution in [1.29, 1.82) is 0 Å². The predicted molar refractivity (Wildman–Crippen MR) is 89.0 cm³/mol. The number of benzene rings is 1. The molecular weight excluding hydrogens is 349 g/mol. The molecule has 1 aromatic rings. The van der Waals surface area contributed by atoms with Gasteiger partial charge in [0.25, 0.3) is 0 Å². The van der Waals surface area contributed by atoms with Gasteiger partial charge < -0.3 is 5.11 Å². The maximum atomic E-state index is 13.5. The minimum Gasteiger partial charge on any atom is -0.478 e. The van der Waals surface area contributed by atoms with Crippen LogP contribution >= 0.6 is 15.9 Å². The van der Waals surface area contributed by atoms with Crippen LogP contribution in [0.15, 0.2) is 33.7 Å². The predicted octanol–water partition coefficient (Wildman–Crippen LogP) is 4.99. The highest BCUT2D eigenvalue weighted by Gasteiger charge is 2.19. The average molecular weight is 368 g/mol. The molecule has 0 heterocycles. The molecule has 0 aromatic heterocycles. The SMILES string of the molecule is C=C(C)[C@H]1CCCC(=NCc2cc(Br)c(F)cc2C(=O)O)C1. The second-order valence-electron chi connectivity index (χ2n) is 5.75. The van der Waals surface area contributed by atoms with E-state index in [4.69, 9.17) is 0 Å². The van der Waals surface area contributed by atoms with Crippen LogP contribution in [0, 0.1) is 11.7 Å². The van der Waals surface area contributed by atoms with Crippen molar-refractivity contribution >= 4 is 27.6 Å². The molecule has 3 nitrogen and oxygen atoms in total. The smallest absolute Gasteiger partial charge is 0.336 e. The normalized spacial score (nSPS) is 20.1. The van der Waals surface area contributed by atoms with E-state index < -0.39 is 11.8 Å². The van der Waals surface area contributed by atoms with Crippen LogP contribution < -0.4 is 0 Å². The Morgan fingerprint density at radius 1 is 1.55 bits per heavy atom. The number of nitrogens with zero attached hydrogens (tertiary/aromatic N) is 1. The van der Waals surface area contributed by atoms with E-state index in [1.165, 1.54) is 11.6 Å². The third-order valence-electron chi connectivity index (χ3n) is 4.05. The maximum absolute atomic E-state index is 13.5. The molecule has 0 bridgehead atoms. The molecule has 0 saturated heterocycles. The van der Waals surface area contributed by atoms with Crippen molar-refractivity contribution in [2.24, 2.45) is 10.9 Å². The molecule has 1 N–H and O–H groups in total. The van der Waals surface area contributed by atoms with E-state index in [2.05, 4.69) is 27.5 Å². The molecule has 1 atom stereocenters. The van der Waals surface area contributed by atoms with E-state index in [1.54, 1.807) is 0 Å². The summed E-state index contributed by atoms with van der Waals surface area (Å²) in [5.74, 6) is -1.25. The Morgan fingerprint density at radius 3 is 2.91 bits per heavy atom. The quantitative estimate of drug-likeness (QED) is 0.761. The molecule has 1 fully saturated rings. The minimum atomic E-state index is -1.13. The molecule has 1 aliphatic rings. The molecule has 5 heteroatoms. The Labute approximate surface area is 138 Å². The van der Waals surface area contributed by atoms with Crippen molar-refractivity contribution in [3.8, 4) is 0 Å². The lowest BCUT2D eigenvalue weighted by atomic mass is 9.84. The van der Waals surface area contributed by atoms with E-state index in [-0.39, 0.29) is 16.6 Å². The number of allylic oxidation sites excluding steroid dienone is 1. The van der Waals surface area contributed by atoms with E-state index in [0.717, 1.165) is 37.5 Å². The molecule has 118 valence electrons. The first-order chi connectivity index (χ1) is 10.4. The molecule has 0 aliphatic heterocycles. The Hall–Kier alpha value is -1.49. The zero-order valence-corrected chi connectivity index (χ0v) is 14.1. The fourth-order valence-electron chi connectivity index (χ4n) is 2.72. The highest BCUT2D eigenvalue weighted by atomic mass is 79.9. The first-order valence-corrected chi connectivity index (χ1v) is 8.06. The van der Waals surface area contributed by atoms with Crippen molar-refractivity contribution < 1.29 is 14.3 Å². The Bertz CT molecular complexity index is 640. The number of aromatic carboxylic acids is 1. The van der Waals surface area contributed by atoms with Crippen LogP contribution in [0.3, 0.4) is 0 Å². The summed E-state index contributed by atoms with van der Waals surface area (Å²) in [6.45, 7) is 6.31. The summed E-state index contributed by atoms with van der Waals surface area (Å²) in [6.07, 6.45) is 4.04. The second-order valence-corrected chi connectivity index (χ2v) is 6.61. The van der Waals surface area contributed by atoms with Gasteiger partial charge in [-0.05, 0) is 72.2 Å². The maximum Gasteiger partial charge on any atom is 0.336 e. The zero-order valence-electron chi connectivity index (χ0n) is 12.5. The minimum absolute atomic E-state index is 0.0303. The zero-order chi connectivity index (χ0) is 16.3. The van der Waals surface area contributed by atoms with E-state index in [0.29, 0.717) is 11.5 Å². The van der Waals surface area contributed by atoms with Crippen molar-refractivity contribution in [1.82, 2.24) is 0 Å². The largest absolute Gasteiger partial charge is 0.478 e. The van der Waals surface area contributed by atoms with Crippen LogP contribution in [0.4, 0.5) is 4.39 Å². The Morgan fingerprint density at radius 2 is 2.27 bits per heavy atom. The number of carbonyl (C=O) groups is 1. The first-order valence-electron chi connectivity index (χ1n) is 7.27. The van der Waals surface area contributed by atoms with E-state index in [9.17, 15) is 14.3 Å². The van der Waals surface area contributed by atoms with E-state index >= 15 is 0 Å². The van der Waals surface area contributed by atoms with Crippen LogP contribution in [0.2, 0.25) is 0 Å². The van der Waals surface area contributed by atoms with Gasteiger partial charge in [-0.1, -0.05) is 12.2 Å². The highest BCUT2D eigenvalue weighted by molar-refractivity contribution is 9.10. The molecule has 22 heavy (non-hydrogen) atoms. The van der Waals surface area contributed by atoms with Crippen LogP contribution in [0.5, 0.6) is 0 Å². The molecule has 0 unspecified atom stereocenters. The number of aliphatic imine (C=N–C) groups is 1. The third kappa shape index (κ3) is 4.03. The van der Waals surface area contributed by atoms with Crippen molar-refractivity contribution in [3.05, 3.63) is 45.7 Å². The van der Waals surface area contributed by atoms with Crippen molar-refractivity contribution in [2.45, 2.75) is 39.2 Å². The van der Waals surface area contributed by atoms with Crippen LogP contribution in [-0.2, 0) is 6.54 Å². The fraction of sp³-hybridized carbons (Fsp3) is 0.412. The monoisotopic (exact) mass is 367 g/mol. The molecule has 2 rings (SSSR count). The van der Waals surface area contributed by atoms with Gasteiger partial charge in [0.15, 0.2) is 0 Å². The number of hydrogen-bond donors (Lipinski definition) is 1. The number of carboxylic acid groups (broad SMARTS) is 1. The number of halogens is 2. The topological polar surface area (TPSA) is 49.7 Å². The van der Waals surface area contributed by atoms with Crippen molar-refractivity contribution in [2.75, 3.05) is 0 Å². The lowest BCUT2D eigenvalue weighted by Crippen LogP contribution is -2.16. The molecule has 0 amide bonds. The summed E-state index contributed by atoms with van der Waals surface area (Å²) >= 11 is 3.10. The lowest BCUT2D eigenvalue weighted by molar-refractivity contribution is 0.0695. The third-order valence-corrected chi connectivity index (χ3v) is 4.65. The molecule has 1 aromatic carbocycles. The Kier molecular flexibility index (Phi) is 5.51. The second kappa shape index (κ2) is 7.18. The van der Waals surface area contributed by atoms with Crippen LogP contribution in [0.25, 0.3) is 0 Å². The summed E-state index contributed by atoms with van der Waals surface area (Å²) in [4.78, 5) is 15.8. The van der Waals surface area contributed by atoms with Gasteiger partial charge in [0, 0.05) is 5.71 Å². The summed E-state index contributed by atoms with van der Waals surface area (Å²) in [7, 11) is 0. The summed E-state index contributed by atoms with van der Waals surface area (Å²) < 4.78 is 13.8. The number of carboxylic acids is 1. The van der Waals surface area contributed by atoms with Gasteiger partial charge in [-0.2, -0.15) is 0 Å². The molecule has 1 aliphatic carbocycles. The Balaban J connectivity index is 2.20. The molecule has 0 spiro atoms. The standard InChI is InChI=1S/C17H19BrFNO2/c1-10(2)11-4-3-5-13(6-11)20-9-12-7-15(18)16(19)8-14(12)17(21)22/h7-8,11H,1,3-6,9H2,2H3,(H,21,22)/t11-/m0/s1. The molecular formula is C17H19BrFNO2. The summed E-state index contributed by atoms with van der Waals surface area (Å²) in [6, 6.07) is 2.54. The molecule has 1 saturated carbocycles. The van der Waals surface area contributed by atoms with E-state index in [1.807, 2.05) is 6.92 Å². The highest BCUT2D eigenvalue weighted by Crippen LogP contribution is 2.28. The number of hydrogen-bond acceptors (Lipinski definition) is 2. The molecule has 0 radical (unpaired) electrons. The van der Waals surface area contributed by atoms with Gasteiger partial charge >= 0.3 is 5.97 Å². The van der Waals surface area contributed by atoms with Gasteiger partial charge in [0.1, 0.15) is 5.82 Å². The van der Waals surface area contributed by atoms with Gasteiger partial charge in [0.2, 0.25) is 0 Å². The van der Waals surface area contributed by atoms with Crippen LogP contribution in [-0.4, -0.2) is 16.8 Å². The summed E-state index contributed by atoms with van der Waals surface area (Å²) in [5.41, 5.74) is 2.75. The van der Waals surface area contributed by atoms with Gasteiger partial charge in [-0.3, -0.25) is 4.99 Å². The van der Waals surface area contributed by atoms with Gasteiger partial charge in [0.05, 0.1) is 16.6 Å². The fourth-order valence-corrected chi connectivity index (χ4v) is 3.11. The summed E-state index contributed by atoms with van der Waals surface area (Å²) in [5, 5.41) is 9.19. The lowest BCUT2D eigenvalue weighted by Gasteiger charge is -2.23. The number of rotatable bonds is 4. The first kappa shape index (κ1) is 16.9.